The minimum absolute atomic E-state index is 0.113. The number of aliphatic hydroxyl groups excluding tert-OH is 1. The van der Waals surface area contributed by atoms with Crippen LogP contribution in [0.15, 0.2) is 12.1 Å². The molecule has 1 aromatic carbocycles. The predicted octanol–water partition coefficient (Wildman–Crippen LogP) is 3.28. The van der Waals surface area contributed by atoms with Gasteiger partial charge in [-0.2, -0.15) is 8.78 Å². The standard InChI is InChI=1S/C17H23F2NO3/c1-10-8-13(9-11(2)15(10)23-17(18)19)16(22)20-7-5-4-6-14(20)12(3)21/h8-9,12,14,17,21H,4-7H2,1-3H3. The minimum atomic E-state index is -2.89. The maximum Gasteiger partial charge on any atom is 0.387 e. The highest BCUT2D eigenvalue weighted by atomic mass is 19.3. The normalized spacial score (nSPS) is 19.8. The van der Waals surface area contributed by atoms with E-state index in [9.17, 15) is 18.7 Å². The van der Waals surface area contributed by atoms with E-state index in [1.54, 1.807) is 37.8 Å². The van der Waals surface area contributed by atoms with Gasteiger partial charge in [0.25, 0.3) is 5.91 Å². The summed E-state index contributed by atoms with van der Waals surface area (Å²) in [5.41, 5.74) is 1.44. The van der Waals surface area contributed by atoms with Crippen LogP contribution >= 0.6 is 0 Å². The molecule has 1 amide bonds. The summed E-state index contributed by atoms with van der Waals surface area (Å²) in [6.45, 7) is 2.68. The lowest BCUT2D eigenvalue weighted by atomic mass is 9.96. The summed E-state index contributed by atoms with van der Waals surface area (Å²) >= 11 is 0. The second-order valence-corrected chi connectivity index (χ2v) is 6.12. The molecular formula is C17H23F2NO3. The van der Waals surface area contributed by atoms with Crippen LogP contribution < -0.4 is 4.74 Å². The van der Waals surface area contributed by atoms with Gasteiger partial charge in [0, 0.05) is 12.1 Å². The van der Waals surface area contributed by atoms with Crippen LogP contribution in [0.3, 0.4) is 0 Å². The summed E-state index contributed by atoms with van der Waals surface area (Å²) in [6, 6.07) is 2.94. The van der Waals surface area contributed by atoms with Crippen molar-refractivity contribution in [3.05, 3.63) is 28.8 Å². The van der Waals surface area contributed by atoms with Gasteiger partial charge in [-0.15, -0.1) is 0 Å². The molecule has 2 unspecified atom stereocenters. The van der Waals surface area contributed by atoms with Gasteiger partial charge in [-0.3, -0.25) is 4.79 Å². The summed E-state index contributed by atoms with van der Waals surface area (Å²) in [4.78, 5) is 14.5. The zero-order valence-corrected chi connectivity index (χ0v) is 13.7. The minimum Gasteiger partial charge on any atom is -0.434 e. The van der Waals surface area contributed by atoms with Crippen LogP contribution in [0.4, 0.5) is 8.78 Å². The zero-order valence-electron chi connectivity index (χ0n) is 13.7. The third kappa shape index (κ3) is 3.99. The Kier molecular flexibility index (Phi) is 5.57. The molecule has 1 saturated heterocycles. The highest BCUT2D eigenvalue weighted by molar-refractivity contribution is 5.95. The molecule has 1 aliphatic heterocycles. The van der Waals surface area contributed by atoms with Gasteiger partial charge in [-0.1, -0.05) is 0 Å². The molecule has 0 saturated carbocycles. The molecule has 0 aromatic heterocycles. The highest BCUT2D eigenvalue weighted by Gasteiger charge is 2.31. The summed E-state index contributed by atoms with van der Waals surface area (Å²) < 4.78 is 29.4. The van der Waals surface area contributed by atoms with Crippen molar-refractivity contribution in [3.8, 4) is 5.75 Å². The predicted molar refractivity (Wildman–Crippen MR) is 82.9 cm³/mol. The van der Waals surface area contributed by atoms with Gasteiger partial charge in [0.2, 0.25) is 0 Å². The van der Waals surface area contributed by atoms with E-state index in [4.69, 9.17) is 0 Å². The fraction of sp³-hybridized carbons (Fsp3) is 0.588. The molecule has 2 rings (SSSR count). The number of carbonyl (C=O) groups is 1. The van der Waals surface area contributed by atoms with Crippen molar-refractivity contribution in [1.82, 2.24) is 4.90 Å². The Morgan fingerprint density at radius 1 is 1.30 bits per heavy atom. The van der Waals surface area contributed by atoms with E-state index in [0.29, 0.717) is 23.2 Å². The molecule has 0 spiro atoms. The van der Waals surface area contributed by atoms with Crippen LogP contribution in [0.5, 0.6) is 5.75 Å². The topological polar surface area (TPSA) is 49.8 Å². The number of hydrogen-bond acceptors (Lipinski definition) is 3. The van der Waals surface area contributed by atoms with Crippen LogP contribution in [0.2, 0.25) is 0 Å². The lowest BCUT2D eigenvalue weighted by Crippen LogP contribution is -2.48. The number of hydrogen-bond donors (Lipinski definition) is 1. The number of piperidine rings is 1. The highest BCUT2D eigenvalue weighted by Crippen LogP contribution is 2.28. The summed E-state index contributed by atoms with van der Waals surface area (Å²) in [7, 11) is 0. The SMILES string of the molecule is Cc1cc(C(=O)N2CCCCC2C(C)O)cc(C)c1OC(F)F. The molecule has 128 valence electrons. The molecule has 6 heteroatoms. The van der Waals surface area contributed by atoms with Crippen LogP contribution in [-0.2, 0) is 0 Å². The molecule has 2 atom stereocenters. The van der Waals surface area contributed by atoms with Crippen LogP contribution in [0, 0.1) is 13.8 Å². The number of halogens is 2. The van der Waals surface area contributed by atoms with Gasteiger partial charge in [-0.05, 0) is 63.3 Å². The van der Waals surface area contributed by atoms with Gasteiger partial charge in [0.15, 0.2) is 0 Å². The van der Waals surface area contributed by atoms with Gasteiger partial charge in [0.05, 0.1) is 12.1 Å². The number of likely N-dealkylation sites (tertiary alicyclic amines) is 1. The molecule has 0 bridgehead atoms. The number of rotatable bonds is 4. The number of aryl methyl sites for hydroxylation is 2. The van der Waals surface area contributed by atoms with Crippen LogP contribution in [0.1, 0.15) is 47.7 Å². The lowest BCUT2D eigenvalue weighted by Gasteiger charge is -2.37. The summed E-state index contributed by atoms with van der Waals surface area (Å²) in [6.07, 6.45) is 2.06. The fourth-order valence-electron chi connectivity index (χ4n) is 3.23. The average molecular weight is 327 g/mol. The number of carbonyl (C=O) groups excluding carboxylic acids is 1. The molecule has 1 aliphatic rings. The van der Waals surface area contributed by atoms with E-state index in [1.165, 1.54) is 0 Å². The van der Waals surface area contributed by atoms with E-state index < -0.39 is 12.7 Å². The zero-order chi connectivity index (χ0) is 17.1. The first-order chi connectivity index (χ1) is 10.8. The molecule has 1 heterocycles. The molecule has 1 fully saturated rings. The third-order valence-corrected chi connectivity index (χ3v) is 4.28. The molecule has 1 N–H and O–H groups in total. The summed E-state index contributed by atoms with van der Waals surface area (Å²) in [5, 5.41) is 9.90. The van der Waals surface area contributed by atoms with E-state index in [2.05, 4.69) is 4.74 Å². The molecule has 1 aromatic rings. The number of amides is 1. The molecule has 23 heavy (non-hydrogen) atoms. The van der Waals surface area contributed by atoms with Crippen molar-refractivity contribution >= 4 is 5.91 Å². The van der Waals surface area contributed by atoms with Gasteiger partial charge in [-0.25, -0.2) is 0 Å². The lowest BCUT2D eigenvalue weighted by molar-refractivity contribution is -0.0507. The van der Waals surface area contributed by atoms with Crippen molar-refractivity contribution in [2.45, 2.75) is 58.8 Å². The van der Waals surface area contributed by atoms with Crippen LogP contribution in [-0.4, -0.2) is 41.2 Å². The van der Waals surface area contributed by atoms with Crippen molar-refractivity contribution in [2.24, 2.45) is 0 Å². The van der Waals surface area contributed by atoms with Gasteiger partial charge < -0.3 is 14.7 Å². The van der Waals surface area contributed by atoms with E-state index >= 15 is 0 Å². The van der Waals surface area contributed by atoms with E-state index in [-0.39, 0.29) is 17.7 Å². The Balaban J connectivity index is 2.28. The second kappa shape index (κ2) is 7.25. The Hall–Kier alpha value is -1.69. The number of nitrogens with zero attached hydrogens (tertiary/aromatic N) is 1. The van der Waals surface area contributed by atoms with E-state index in [0.717, 1.165) is 19.3 Å². The number of ether oxygens (including phenoxy) is 1. The Morgan fingerprint density at radius 3 is 2.43 bits per heavy atom. The molecule has 4 nitrogen and oxygen atoms in total. The first-order valence-electron chi connectivity index (χ1n) is 7.86. The van der Waals surface area contributed by atoms with Crippen molar-refractivity contribution in [1.29, 1.82) is 0 Å². The second-order valence-electron chi connectivity index (χ2n) is 6.12. The molecular weight excluding hydrogens is 304 g/mol. The quantitative estimate of drug-likeness (QED) is 0.923. The third-order valence-electron chi connectivity index (χ3n) is 4.28. The number of alkyl halides is 2. The Bertz CT molecular complexity index is 552. The largest absolute Gasteiger partial charge is 0.434 e. The van der Waals surface area contributed by atoms with Crippen molar-refractivity contribution < 1.29 is 23.4 Å². The monoisotopic (exact) mass is 327 g/mol. The summed E-state index contributed by atoms with van der Waals surface area (Å²) in [5.74, 6) is -0.0623. The van der Waals surface area contributed by atoms with Crippen molar-refractivity contribution in [3.63, 3.8) is 0 Å². The van der Waals surface area contributed by atoms with Gasteiger partial charge >= 0.3 is 6.61 Å². The first kappa shape index (κ1) is 17.7. The molecule has 0 radical (unpaired) electrons. The number of benzene rings is 1. The number of aliphatic hydroxyl groups is 1. The van der Waals surface area contributed by atoms with E-state index in [1.807, 2.05) is 0 Å². The fourth-order valence-corrected chi connectivity index (χ4v) is 3.23. The smallest absolute Gasteiger partial charge is 0.387 e. The maximum absolute atomic E-state index is 12.8. The Morgan fingerprint density at radius 2 is 1.91 bits per heavy atom. The van der Waals surface area contributed by atoms with Crippen LogP contribution in [0.25, 0.3) is 0 Å². The molecule has 0 aliphatic carbocycles. The average Bonchev–Trinajstić information content (AvgIpc) is 2.49. The maximum atomic E-state index is 12.8. The van der Waals surface area contributed by atoms with Gasteiger partial charge in [0.1, 0.15) is 5.75 Å². The Labute approximate surface area is 135 Å². The van der Waals surface area contributed by atoms with Crippen molar-refractivity contribution in [2.75, 3.05) is 6.54 Å². The first-order valence-corrected chi connectivity index (χ1v) is 7.86.